The van der Waals surface area contributed by atoms with E-state index in [2.05, 4.69) is 21.1 Å². The lowest BCUT2D eigenvalue weighted by Crippen LogP contribution is -2.33. The Morgan fingerprint density at radius 1 is 1.04 bits per heavy atom. The van der Waals surface area contributed by atoms with Crippen LogP contribution in [-0.2, 0) is 20.6 Å². The molecule has 0 saturated carbocycles. The maximum atomic E-state index is 13.0. The standard InChI is InChI=1S/C18H10BrF3N2O3/c19-11-6-4-9(5-7-11)14-13-15(27-23-14)17(26)24(16(13)25)12-3-1-2-10(8-12)18(20,21)22/h1-8,13,15H. The first kappa shape index (κ1) is 17.7. The van der Waals surface area contributed by atoms with Crippen molar-refractivity contribution in [2.24, 2.45) is 11.1 Å². The number of imide groups is 1. The first-order valence-corrected chi connectivity index (χ1v) is 8.61. The Hall–Kier alpha value is -2.68. The molecule has 0 aliphatic carbocycles. The molecule has 0 aromatic heterocycles. The normalized spacial score (nSPS) is 21.9. The van der Waals surface area contributed by atoms with Crippen LogP contribution in [0.25, 0.3) is 0 Å². The number of anilines is 1. The second-order valence-corrected chi connectivity index (χ2v) is 6.96. The SMILES string of the molecule is O=C1C2ON=C(c3ccc(Br)cc3)C2C(=O)N1c1cccc(C(F)(F)F)c1. The molecule has 2 aliphatic rings. The largest absolute Gasteiger partial charge is 0.416 e. The predicted molar refractivity (Wildman–Crippen MR) is 93.0 cm³/mol. The van der Waals surface area contributed by atoms with Crippen LogP contribution in [0.15, 0.2) is 58.2 Å². The fourth-order valence-corrected chi connectivity index (χ4v) is 3.38. The van der Waals surface area contributed by atoms with Gasteiger partial charge in [-0.1, -0.05) is 39.3 Å². The average molecular weight is 439 g/mol. The van der Waals surface area contributed by atoms with Gasteiger partial charge < -0.3 is 4.84 Å². The monoisotopic (exact) mass is 438 g/mol. The molecule has 2 atom stereocenters. The topological polar surface area (TPSA) is 59.0 Å². The molecular weight excluding hydrogens is 429 g/mol. The van der Waals surface area contributed by atoms with Crippen molar-refractivity contribution in [3.63, 3.8) is 0 Å². The number of carbonyl (C=O) groups is 2. The summed E-state index contributed by atoms with van der Waals surface area (Å²) in [6.07, 6.45) is -5.76. The highest BCUT2D eigenvalue weighted by molar-refractivity contribution is 9.10. The van der Waals surface area contributed by atoms with Gasteiger partial charge in [0, 0.05) is 10.0 Å². The Balaban J connectivity index is 1.69. The number of nitrogens with zero attached hydrogens (tertiary/aromatic N) is 2. The highest BCUT2D eigenvalue weighted by Gasteiger charge is 2.56. The van der Waals surface area contributed by atoms with Crippen LogP contribution in [0, 0.1) is 5.92 Å². The number of alkyl halides is 3. The first-order chi connectivity index (χ1) is 12.8. The maximum absolute atomic E-state index is 13.0. The van der Waals surface area contributed by atoms with Gasteiger partial charge in [0.15, 0.2) is 0 Å². The van der Waals surface area contributed by atoms with Crippen LogP contribution in [0.4, 0.5) is 18.9 Å². The fourth-order valence-electron chi connectivity index (χ4n) is 3.11. The molecule has 0 radical (unpaired) electrons. The number of amides is 2. The molecule has 0 bridgehead atoms. The molecule has 138 valence electrons. The van der Waals surface area contributed by atoms with Crippen LogP contribution < -0.4 is 4.90 Å². The lowest BCUT2D eigenvalue weighted by Gasteiger charge is -2.17. The third-order valence-corrected chi connectivity index (χ3v) is 4.91. The molecule has 1 saturated heterocycles. The van der Waals surface area contributed by atoms with Gasteiger partial charge in [-0.25, -0.2) is 4.90 Å². The van der Waals surface area contributed by atoms with Crippen molar-refractivity contribution >= 4 is 39.1 Å². The van der Waals surface area contributed by atoms with Gasteiger partial charge in [0.25, 0.3) is 5.91 Å². The summed E-state index contributed by atoms with van der Waals surface area (Å²) in [6, 6.07) is 11.0. The van der Waals surface area contributed by atoms with Crippen LogP contribution in [-0.4, -0.2) is 23.6 Å². The van der Waals surface area contributed by atoms with Crippen molar-refractivity contribution < 1.29 is 27.6 Å². The number of rotatable bonds is 2. The van der Waals surface area contributed by atoms with Crippen molar-refractivity contribution in [3.05, 3.63) is 64.1 Å². The summed E-state index contributed by atoms with van der Waals surface area (Å²) in [4.78, 5) is 31.4. The summed E-state index contributed by atoms with van der Waals surface area (Å²) in [5.41, 5.74) is -0.216. The summed E-state index contributed by atoms with van der Waals surface area (Å²) in [6.45, 7) is 0. The zero-order valence-electron chi connectivity index (χ0n) is 13.4. The third kappa shape index (κ3) is 2.91. The van der Waals surface area contributed by atoms with Crippen LogP contribution in [0.3, 0.4) is 0 Å². The molecule has 2 heterocycles. The molecule has 27 heavy (non-hydrogen) atoms. The molecule has 2 amide bonds. The molecule has 2 aliphatic heterocycles. The van der Waals surface area contributed by atoms with Gasteiger partial charge in [-0.05, 0) is 30.3 Å². The minimum Gasteiger partial charge on any atom is -0.381 e. The summed E-state index contributed by atoms with van der Waals surface area (Å²) in [5.74, 6) is -2.39. The van der Waals surface area contributed by atoms with Gasteiger partial charge in [-0.2, -0.15) is 13.2 Å². The van der Waals surface area contributed by atoms with E-state index in [1.54, 1.807) is 24.3 Å². The Morgan fingerprint density at radius 3 is 2.41 bits per heavy atom. The molecule has 2 aromatic rings. The van der Waals surface area contributed by atoms with Gasteiger partial charge in [-0.3, -0.25) is 9.59 Å². The third-order valence-electron chi connectivity index (χ3n) is 4.38. The van der Waals surface area contributed by atoms with E-state index in [-0.39, 0.29) is 11.4 Å². The molecule has 2 aromatic carbocycles. The number of hydrogen-bond acceptors (Lipinski definition) is 4. The van der Waals surface area contributed by atoms with Gasteiger partial charge in [0.1, 0.15) is 11.6 Å². The first-order valence-electron chi connectivity index (χ1n) is 7.82. The number of carbonyl (C=O) groups excluding carboxylic acids is 2. The van der Waals surface area contributed by atoms with E-state index in [9.17, 15) is 22.8 Å². The summed E-state index contributed by atoms with van der Waals surface area (Å²) >= 11 is 3.30. The Labute approximate surface area is 159 Å². The summed E-state index contributed by atoms with van der Waals surface area (Å²) < 4.78 is 39.7. The van der Waals surface area contributed by atoms with E-state index in [4.69, 9.17) is 4.84 Å². The van der Waals surface area contributed by atoms with E-state index in [1.165, 1.54) is 6.07 Å². The smallest absolute Gasteiger partial charge is 0.381 e. The van der Waals surface area contributed by atoms with Gasteiger partial charge in [0.05, 0.1) is 11.3 Å². The summed E-state index contributed by atoms with van der Waals surface area (Å²) in [7, 11) is 0. The molecule has 9 heteroatoms. The minimum atomic E-state index is -4.59. The highest BCUT2D eigenvalue weighted by atomic mass is 79.9. The Morgan fingerprint density at radius 2 is 1.74 bits per heavy atom. The van der Waals surface area contributed by atoms with E-state index in [1.807, 2.05) is 0 Å². The predicted octanol–water partition coefficient (Wildman–Crippen LogP) is 3.76. The van der Waals surface area contributed by atoms with Gasteiger partial charge in [-0.15, -0.1) is 0 Å². The second-order valence-electron chi connectivity index (χ2n) is 6.05. The summed E-state index contributed by atoms with van der Waals surface area (Å²) in [5, 5.41) is 3.86. The molecule has 0 spiro atoms. The number of fused-ring (bicyclic) bond motifs is 1. The van der Waals surface area contributed by atoms with Crippen LogP contribution in [0.5, 0.6) is 0 Å². The molecule has 4 rings (SSSR count). The quantitative estimate of drug-likeness (QED) is 0.670. The number of oxime groups is 1. The Kier molecular flexibility index (Phi) is 4.06. The molecule has 0 N–H and O–H groups in total. The number of hydrogen-bond donors (Lipinski definition) is 0. The fraction of sp³-hybridized carbons (Fsp3) is 0.167. The van der Waals surface area contributed by atoms with Gasteiger partial charge >= 0.3 is 6.18 Å². The maximum Gasteiger partial charge on any atom is 0.416 e. The highest BCUT2D eigenvalue weighted by Crippen LogP contribution is 2.37. The van der Waals surface area contributed by atoms with Crippen LogP contribution >= 0.6 is 15.9 Å². The van der Waals surface area contributed by atoms with E-state index < -0.39 is 35.6 Å². The number of benzene rings is 2. The van der Waals surface area contributed by atoms with Gasteiger partial charge in [0.2, 0.25) is 12.0 Å². The minimum absolute atomic E-state index is 0.145. The van der Waals surface area contributed by atoms with Crippen LogP contribution in [0.2, 0.25) is 0 Å². The zero-order chi connectivity index (χ0) is 19.3. The average Bonchev–Trinajstić information content (AvgIpc) is 3.16. The molecule has 5 nitrogen and oxygen atoms in total. The molecule has 2 unspecified atom stereocenters. The second kappa shape index (κ2) is 6.19. The van der Waals surface area contributed by atoms with E-state index in [0.717, 1.165) is 27.6 Å². The Bertz CT molecular complexity index is 973. The lowest BCUT2D eigenvalue weighted by molar-refractivity contribution is -0.137. The van der Waals surface area contributed by atoms with E-state index in [0.29, 0.717) is 5.56 Å². The van der Waals surface area contributed by atoms with Crippen molar-refractivity contribution in [1.82, 2.24) is 0 Å². The molecule has 1 fully saturated rings. The zero-order valence-corrected chi connectivity index (χ0v) is 15.0. The molecular formula is C18H10BrF3N2O3. The van der Waals surface area contributed by atoms with Crippen molar-refractivity contribution in [2.45, 2.75) is 12.3 Å². The van der Waals surface area contributed by atoms with Crippen LogP contribution in [0.1, 0.15) is 11.1 Å². The van der Waals surface area contributed by atoms with E-state index >= 15 is 0 Å². The lowest BCUT2D eigenvalue weighted by atomic mass is 9.94. The van der Waals surface area contributed by atoms with Crippen molar-refractivity contribution in [1.29, 1.82) is 0 Å². The number of halogens is 4. The van der Waals surface area contributed by atoms with Crippen molar-refractivity contribution in [3.8, 4) is 0 Å². The van der Waals surface area contributed by atoms with Crippen molar-refractivity contribution in [2.75, 3.05) is 4.90 Å².